The quantitative estimate of drug-likeness (QED) is 0.787. The highest BCUT2D eigenvalue weighted by Crippen LogP contribution is 2.19. The monoisotopic (exact) mass is 227 g/mol. The van der Waals surface area contributed by atoms with Crippen LogP contribution in [-0.4, -0.2) is 16.1 Å². The van der Waals surface area contributed by atoms with Crippen LogP contribution in [0.5, 0.6) is 0 Å². The summed E-state index contributed by atoms with van der Waals surface area (Å²) < 4.78 is 0.636. The number of pyridine rings is 1. The Hall–Kier alpha value is -1.16. The topological polar surface area (TPSA) is 50.2 Å². The summed E-state index contributed by atoms with van der Waals surface area (Å²) in [7, 11) is 0. The average Bonchev–Trinajstić information content (AvgIpc) is 2.04. The molecule has 0 aliphatic carbocycles. The lowest BCUT2D eigenvalue weighted by atomic mass is 10.2. The van der Waals surface area contributed by atoms with Crippen molar-refractivity contribution in [2.24, 2.45) is 0 Å². The van der Waals surface area contributed by atoms with Gasteiger partial charge in [0.05, 0.1) is 11.3 Å². The second kappa shape index (κ2) is 3.49. The summed E-state index contributed by atoms with van der Waals surface area (Å²) >= 11 is 3.18. The number of hydrogen-bond acceptors (Lipinski definition) is 2. The minimum atomic E-state index is -1.06. The third-order valence-electron chi connectivity index (χ3n) is 1.30. The summed E-state index contributed by atoms with van der Waals surface area (Å²) in [5.74, 6) is -1.06. The lowest BCUT2D eigenvalue weighted by molar-refractivity contribution is -0.130. The van der Waals surface area contributed by atoms with Crippen LogP contribution < -0.4 is 0 Å². The van der Waals surface area contributed by atoms with E-state index in [0.29, 0.717) is 10.2 Å². The second-order valence-corrected chi connectivity index (χ2v) is 2.97. The van der Waals surface area contributed by atoms with Gasteiger partial charge in [0.2, 0.25) is 0 Å². The van der Waals surface area contributed by atoms with Gasteiger partial charge in [-0.1, -0.05) is 6.58 Å². The highest BCUT2D eigenvalue weighted by molar-refractivity contribution is 9.10. The standard InChI is InChI=1S/C8H6BrNO2/c1-5(8(11)12)7-6(9)3-2-4-10-7/h2-4H,1H2,(H,11,12). The molecule has 0 saturated heterocycles. The molecule has 12 heavy (non-hydrogen) atoms. The largest absolute Gasteiger partial charge is 0.478 e. The van der Waals surface area contributed by atoms with Crippen LogP contribution in [0, 0.1) is 0 Å². The van der Waals surface area contributed by atoms with Crippen molar-refractivity contribution in [2.75, 3.05) is 0 Å². The van der Waals surface area contributed by atoms with Crippen LogP contribution >= 0.6 is 15.9 Å². The van der Waals surface area contributed by atoms with E-state index in [0.717, 1.165) is 0 Å². The maximum absolute atomic E-state index is 10.5. The number of aromatic nitrogens is 1. The maximum Gasteiger partial charge on any atom is 0.337 e. The molecule has 0 saturated carbocycles. The van der Waals surface area contributed by atoms with E-state index in [9.17, 15) is 4.79 Å². The number of nitrogens with zero attached hydrogens (tertiary/aromatic N) is 1. The first kappa shape index (κ1) is 8.93. The van der Waals surface area contributed by atoms with Crippen molar-refractivity contribution < 1.29 is 9.90 Å². The van der Waals surface area contributed by atoms with Crippen molar-refractivity contribution in [3.63, 3.8) is 0 Å². The number of carboxylic acids is 1. The molecule has 3 nitrogen and oxygen atoms in total. The summed E-state index contributed by atoms with van der Waals surface area (Å²) in [5, 5.41) is 8.60. The molecule has 0 aliphatic heterocycles. The Morgan fingerprint density at radius 1 is 1.67 bits per heavy atom. The Morgan fingerprint density at radius 3 is 2.83 bits per heavy atom. The van der Waals surface area contributed by atoms with Crippen LogP contribution in [0.25, 0.3) is 5.57 Å². The Labute approximate surface area is 77.9 Å². The van der Waals surface area contributed by atoms with Gasteiger partial charge in [-0.05, 0) is 28.1 Å². The summed E-state index contributed by atoms with van der Waals surface area (Å²) in [4.78, 5) is 14.4. The molecule has 0 unspecified atom stereocenters. The van der Waals surface area contributed by atoms with Crippen molar-refractivity contribution in [2.45, 2.75) is 0 Å². The molecule has 0 amide bonds. The molecule has 0 radical (unpaired) electrons. The predicted molar refractivity (Wildman–Crippen MR) is 48.6 cm³/mol. The Balaban J connectivity index is 3.11. The van der Waals surface area contributed by atoms with Crippen molar-refractivity contribution in [1.82, 2.24) is 4.98 Å². The van der Waals surface area contributed by atoms with Gasteiger partial charge in [-0.15, -0.1) is 0 Å². The molecular formula is C8H6BrNO2. The van der Waals surface area contributed by atoms with Gasteiger partial charge in [-0.2, -0.15) is 0 Å². The van der Waals surface area contributed by atoms with Crippen LogP contribution in [0.1, 0.15) is 5.69 Å². The molecule has 1 rings (SSSR count). The van der Waals surface area contributed by atoms with Gasteiger partial charge in [0, 0.05) is 10.7 Å². The highest BCUT2D eigenvalue weighted by atomic mass is 79.9. The SMILES string of the molecule is C=C(C(=O)O)c1ncccc1Br. The van der Waals surface area contributed by atoms with Gasteiger partial charge < -0.3 is 5.11 Å². The van der Waals surface area contributed by atoms with Gasteiger partial charge in [-0.25, -0.2) is 4.79 Å². The summed E-state index contributed by atoms with van der Waals surface area (Å²) in [6.07, 6.45) is 1.52. The van der Waals surface area contributed by atoms with Crippen LogP contribution in [-0.2, 0) is 4.79 Å². The lowest BCUT2D eigenvalue weighted by Crippen LogP contribution is -2.00. The second-order valence-electron chi connectivity index (χ2n) is 2.12. The molecule has 0 spiro atoms. The zero-order valence-electron chi connectivity index (χ0n) is 6.12. The van der Waals surface area contributed by atoms with Crippen molar-refractivity contribution >= 4 is 27.5 Å². The van der Waals surface area contributed by atoms with E-state index in [1.54, 1.807) is 12.1 Å². The van der Waals surface area contributed by atoms with Gasteiger partial charge >= 0.3 is 5.97 Å². The van der Waals surface area contributed by atoms with Crippen molar-refractivity contribution in [3.8, 4) is 0 Å². The molecule has 1 heterocycles. The van der Waals surface area contributed by atoms with E-state index >= 15 is 0 Å². The molecule has 0 atom stereocenters. The minimum absolute atomic E-state index is 0.0116. The molecule has 0 fully saturated rings. The highest BCUT2D eigenvalue weighted by Gasteiger charge is 2.10. The Bertz CT molecular complexity index is 336. The van der Waals surface area contributed by atoms with E-state index in [4.69, 9.17) is 5.11 Å². The van der Waals surface area contributed by atoms with E-state index in [1.807, 2.05) is 0 Å². The van der Waals surface area contributed by atoms with Gasteiger partial charge in [-0.3, -0.25) is 4.98 Å². The molecule has 0 aliphatic rings. The molecule has 0 aromatic carbocycles. The molecule has 1 aromatic heterocycles. The van der Waals surface area contributed by atoms with Crippen molar-refractivity contribution in [1.29, 1.82) is 0 Å². The zero-order valence-corrected chi connectivity index (χ0v) is 7.71. The van der Waals surface area contributed by atoms with Gasteiger partial charge in [0.25, 0.3) is 0 Å². The number of carbonyl (C=O) groups is 1. The predicted octanol–water partition coefficient (Wildman–Crippen LogP) is 1.94. The number of hydrogen-bond donors (Lipinski definition) is 1. The van der Waals surface area contributed by atoms with E-state index in [2.05, 4.69) is 27.5 Å². The number of aliphatic carboxylic acids is 1. The molecule has 0 bridgehead atoms. The maximum atomic E-state index is 10.5. The summed E-state index contributed by atoms with van der Waals surface area (Å²) in [5.41, 5.74) is 0.354. The summed E-state index contributed by atoms with van der Waals surface area (Å²) in [6, 6.07) is 3.43. The first-order valence-corrected chi connectivity index (χ1v) is 3.95. The van der Waals surface area contributed by atoms with E-state index < -0.39 is 5.97 Å². The number of rotatable bonds is 2. The Kier molecular flexibility index (Phi) is 2.60. The van der Waals surface area contributed by atoms with Crippen LogP contribution in [0.15, 0.2) is 29.4 Å². The van der Waals surface area contributed by atoms with Gasteiger partial charge in [0.15, 0.2) is 0 Å². The first-order valence-electron chi connectivity index (χ1n) is 3.16. The average molecular weight is 228 g/mol. The van der Waals surface area contributed by atoms with Gasteiger partial charge in [0.1, 0.15) is 0 Å². The van der Waals surface area contributed by atoms with Crippen molar-refractivity contribution in [3.05, 3.63) is 35.1 Å². The fraction of sp³-hybridized carbons (Fsp3) is 0. The first-order chi connectivity index (χ1) is 5.63. The molecular weight excluding hydrogens is 222 g/mol. The normalized spacial score (nSPS) is 9.42. The zero-order chi connectivity index (χ0) is 9.14. The molecule has 1 aromatic rings. The number of carboxylic acid groups (broad SMARTS) is 1. The fourth-order valence-corrected chi connectivity index (χ4v) is 1.20. The van der Waals surface area contributed by atoms with Crippen LogP contribution in [0.3, 0.4) is 0 Å². The minimum Gasteiger partial charge on any atom is -0.478 e. The van der Waals surface area contributed by atoms with E-state index in [-0.39, 0.29) is 5.57 Å². The van der Waals surface area contributed by atoms with E-state index in [1.165, 1.54) is 6.20 Å². The number of halogens is 1. The third-order valence-corrected chi connectivity index (χ3v) is 1.94. The lowest BCUT2D eigenvalue weighted by Gasteiger charge is -2.00. The van der Waals surface area contributed by atoms with Crippen LogP contribution in [0.4, 0.5) is 0 Å². The fourth-order valence-electron chi connectivity index (χ4n) is 0.709. The smallest absolute Gasteiger partial charge is 0.337 e. The molecule has 1 N–H and O–H groups in total. The summed E-state index contributed by atoms with van der Waals surface area (Å²) in [6.45, 7) is 3.39. The molecule has 62 valence electrons. The Morgan fingerprint density at radius 2 is 2.33 bits per heavy atom. The molecule has 4 heteroatoms. The third kappa shape index (κ3) is 1.71. The van der Waals surface area contributed by atoms with Crippen LogP contribution in [0.2, 0.25) is 0 Å².